The number of ether oxygens (including phenoxy) is 2. The van der Waals surface area contributed by atoms with Crippen LogP contribution in [0.3, 0.4) is 0 Å². The highest BCUT2D eigenvalue weighted by atomic mass is 16.5. The smallest absolute Gasteiger partial charge is 0.336 e. The van der Waals surface area contributed by atoms with E-state index in [9.17, 15) is 19.8 Å². The molecule has 2 aromatic heterocycles. The summed E-state index contributed by atoms with van der Waals surface area (Å²) in [5.74, 6) is -1.29. The van der Waals surface area contributed by atoms with Crippen LogP contribution in [-0.2, 0) is 19.1 Å². The molecular formula is C24H28N2O6. The average molecular weight is 440 g/mol. The van der Waals surface area contributed by atoms with Crippen LogP contribution in [-0.4, -0.2) is 45.3 Å². The second kappa shape index (κ2) is 13.1. The fourth-order valence-electron chi connectivity index (χ4n) is 2.79. The van der Waals surface area contributed by atoms with Crippen LogP contribution >= 0.6 is 0 Å². The van der Waals surface area contributed by atoms with Gasteiger partial charge in [-0.3, -0.25) is 9.97 Å². The summed E-state index contributed by atoms with van der Waals surface area (Å²) < 4.78 is 10.3. The Morgan fingerprint density at radius 1 is 0.719 bits per heavy atom. The molecule has 2 aromatic rings. The Labute approximate surface area is 187 Å². The molecule has 32 heavy (non-hydrogen) atoms. The van der Waals surface area contributed by atoms with E-state index < -0.39 is 24.1 Å². The van der Waals surface area contributed by atoms with Gasteiger partial charge in [0.15, 0.2) is 0 Å². The molecule has 170 valence electrons. The van der Waals surface area contributed by atoms with Crippen LogP contribution in [0.4, 0.5) is 0 Å². The number of hydrogen-bond acceptors (Lipinski definition) is 8. The van der Waals surface area contributed by atoms with Gasteiger partial charge in [0, 0.05) is 24.8 Å². The number of aliphatic hydroxyl groups excluding tert-OH is 2. The fraction of sp³-hybridized carbons (Fsp3) is 0.333. The topological polar surface area (TPSA) is 119 Å². The summed E-state index contributed by atoms with van der Waals surface area (Å²) >= 11 is 0. The van der Waals surface area contributed by atoms with Crippen molar-refractivity contribution in [1.29, 1.82) is 0 Å². The summed E-state index contributed by atoms with van der Waals surface area (Å²) in [5.41, 5.74) is 0.981. The molecule has 8 heteroatoms. The SMILES string of the molecule is C=C(C(=O)OCCCCCCOC(=O)C(=C)C(O)c1ccncc1)C(O)c1ccncc1. The number of rotatable bonds is 13. The second-order valence-corrected chi connectivity index (χ2v) is 7.10. The Kier molecular flexibility index (Phi) is 10.2. The molecule has 0 aliphatic carbocycles. The van der Waals surface area contributed by atoms with Gasteiger partial charge in [-0.05, 0) is 61.1 Å². The molecule has 0 aliphatic heterocycles. The highest BCUT2D eigenvalue weighted by Crippen LogP contribution is 2.21. The fourth-order valence-corrected chi connectivity index (χ4v) is 2.79. The number of aliphatic hydroxyl groups is 2. The summed E-state index contributed by atoms with van der Waals surface area (Å²) in [5, 5.41) is 20.3. The van der Waals surface area contributed by atoms with E-state index in [4.69, 9.17) is 9.47 Å². The van der Waals surface area contributed by atoms with Gasteiger partial charge < -0.3 is 19.7 Å². The van der Waals surface area contributed by atoms with E-state index in [1.54, 1.807) is 24.3 Å². The molecule has 2 N–H and O–H groups in total. The van der Waals surface area contributed by atoms with Crippen molar-refractivity contribution in [3.63, 3.8) is 0 Å². The van der Waals surface area contributed by atoms with Gasteiger partial charge in [0.1, 0.15) is 12.2 Å². The summed E-state index contributed by atoms with van der Waals surface area (Å²) in [6.45, 7) is 7.63. The third-order valence-corrected chi connectivity index (χ3v) is 4.73. The Bertz CT molecular complexity index is 826. The van der Waals surface area contributed by atoms with Crippen LogP contribution < -0.4 is 0 Å². The van der Waals surface area contributed by atoms with E-state index in [2.05, 4.69) is 23.1 Å². The highest BCUT2D eigenvalue weighted by Gasteiger charge is 2.20. The van der Waals surface area contributed by atoms with Crippen molar-refractivity contribution in [2.24, 2.45) is 0 Å². The Hall–Kier alpha value is -3.36. The molecule has 0 spiro atoms. The summed E-state index contributed by atoms with van der Waals surface area (Å²) in [4.78, 5) is 31.7. The number of esters is 2. The van der Waals surface area contributed by atoms with Gasteiger partial charge in [-0.1, -0.05) is 13.2 Å². The maximum atomic E-state index is 12.0. The second-order valence-electron chi connectivity index (χ2n) is 7.10. The first-order valence-electron chi connectivity index (χ1n) is 10.3. The van der Waals surface area contributed by atoms with Crippen molar-refractivity contribution in [1.82, 2.24) is 9.97 Å². The number of carbonyl (C=O) groups is 2. The Balaban J connectivity index is 1.55. The normalized spacial score (nSPS) is 12.4. The van der Waals surface area contributed by atoms with Gasteiger partial charge in [0.05, 0.1) is 24.4 Å². The molecule has 8 nitrogen and oxygen atoms in total. The highest BCUT2D eigenvalue weighted by molar-refractivity contribution is 5.89. The van der Waals surface area contributed by atoms with Crippen LogP contribution in [0.15, 0.2) is 73.4 Å². The van der Waals surface area contributed by atoms with Crippen molar-refractivity contribution < 1.29 is 29.3 Å². The minimum absolute atomic E-state index is 0.0303. The molecule has 0 saturated heterocycles. The van der Waals surface area contributed by atoms with Crippen LogP contribution in [0.5, 0.6) is 0 Å². The number of unbranched alkanes of at least 4 members (excludes halogenated alkanes) is 3. The lowest BCUT2D eigenvalue weighted by Gasteiger charge is -2.14. The molecule has 2 heterocycles. The zero-order valence-electron chi connectivity index (χ0n) is 17.9. The van der Waals surface area contributed by atoms with Crippen LogP contribution in [0.2, 0.25) is 0 Å². The van der Waals surface area contributed by atoms with E-state index >= 15 is 0 Å². The molecule has 0 amide bonds. The maximum Gasteiger partial charge on any atom is 0.336 e. The lowest BCUT2D eigenvalue weighted by Crippen LogP contribution is -2.15. The predicted octanol–water partition coefficient (Wildman–Crippen LogP) is 3.00. The maximum absolute atomic E-state index is 12.0. The van der Waals surface area contributed by atoms with Gasteiger partial charge in [-0.25, -0.2) is 9.59 Å². The quantitative estimate of drug-likeness (QED) is 0.277. The number of aromatic nitrogens is 2. The Morgan fingerprint density at radius 2 is 1.06 bits per heavy atom. The molecule has 0 saturated carbocycles. The summed E-state index contributed by atoms with van der Waals surface area (Å²) in [7, 11) is 0. The summed E-state index contributed by atoms with van der Waals surface area (Å²) in [6, 6.07) is 6.41. The Morgan fingerprint density at radius 3 is 1.41 bits per heavy atom. The van der Waals surface area contributed by atoms with Gasteiger partial charge in [-0.15, -0.1) is 0 Å². The van der Waals surface area contributed by atoms with Crippen molar-refractivity contribution in [2.45, 2.75) is 37.9 Å². The van der Waals surface area contributed by atoms with Gasteiger partial charge in [0.25, 0.3) is 0 Å². The van der Waals surface area contributed by atoms with Gasteiger partial charge in [-0.2, -0.15) is 0 Å². The van der Waals surface area contributed by atoms with Crippen molar-refractivity contribution >= 4 is 11.9 Å². The molecule has 0 fully saturated rings. The first kappa shape index (κ1) is 24.9. The number of nitrogens with zero attached hydrogens (tertiary/aromatic N) is 2. The lowest BCUT2D eigenvalue weighted by atomic mass is 10.0. The molecule has 0 radical (unpaired) electrons. The molecule has 2 atom stereocenters. The third kappa shape index (κ3) is 7.72. The lowest BCUT2D eigenvalue weighted by molar-refractivity contribution is -0.141. The van der Waals surface area contributed by atoms with Crippen molar-refractivity contribution in [3.8, 4) is 0 Å². The molecule has 0 bridgehead atoms. The minimum atomic E-state index is -1.13. The molecule has 0 aliphatic rings. The zero-order valence-corrected chi connectivity index (χ0v) is 17.9. The largest absolute Gasteiger partial charge is 0.462 e. The first-order valence-corrected chi connectivity index (χ1v) is 10.3. The molecule has 2 unspecified atom stereocenters. The first-order chi connectivity index (χ1) is 15.4. The zero-order chi connectivity index (χ0) is 23.3. The average Bonchev–Trinajstić information content (AvgIpc) is 2.84. The van der Waals surface area contributed by atoms with Crippen LogP contribution in [0.25, 0.3) is 0 Å². The molecular weight excluding hydrogens is 412 g/mol. The number of carbonyl (C=O) groups excluding carboxylic acids is 2. The third-order valence-electron chi connectivity index (χ3n) is 4.73. The molecule has 2 rings (SSSR count). The molecule has 0 aromatic carbocycles. The van der Waals surface area contributed by atoms with E-state index in [1.165, 1.54) is 24.8 Å². The van der Waals surface area contributed by atoms with Gasteiger partial charge >= 0.3 is 11.9 Å². The van der Waals surface area contributed by atoms with E-state index in [0.29, 0.717) is 24.0 Å². The van der Waals surface area contributed by atoms with Crippen molar-refractivity contribution in [2.75, 3.05) is 13.2 Å². The van der Waals surface area contributed by atoms with Crippen LogP contribution in [0, 0.1) is 0 Å². The number of hydrogen-bond donors (Lipinski definition) is 2. The standard InChI is InChI=1S/C24H28N2O6/c1-17(21(27)19-7-11-25-12-8-19)23(29)31-15-5-3-4-6-16-32-24(30)18(2)22(28)20-9-13-26-14-10-20/h7-14,21-22,27-28H,1-6,15-16H2. The van der Waals surface area contributed by atoms with Crippen molar-refractivity contribution in [3.05, 3.63) is 84.5 Å². The van der Waals surface area contributed by atoms with E-state index in [0.717, 1.165) is 12.8 Å². The summed E-state index contributed by atoms with van der Waals surface area (Å²) in [6.07, 6.45) is 6.62. The van der Waals surface area contributed by atoms with Crippen LogP contribution in [0.1, 0.15) is 49.0 Å². The van der Waals surface area contributed by atoms with Gasteiger partial charge in [0.2, 0.25) is 0 Å². The minimum Gasteiger partial charge on any atom is -0.462 e. The van der Waals surface area contributed by atoms with E-state index in [-0.39, 0.29) is 24.4 Å². The van der Waals surface area contributed by atoms with E-state index in [1.807, 2.05) is 0 Å². The number of pyridine rings is 2. The monoisotopic (exact) mass is 440 g/mol. The predicted molar refractivity (Wildman–Crippen MR) is 117 cm³/mol.